The van der Waals surface area contributed by atoms with Crippen molar-refractivity contribution in [2.75, 3.05) is 6.54 Å². The third-order valence-electron chi connectivity index (χ3n) is 2.26. The molecule has 1 aliphatic rings. The van der Waals surface area contributed by atoms with E-state index in [4.69, 9.17) is 0 Å². The standard InChI is InChI=1S/C11H20NOS2/c1-4-5-10(13)12-7-11-14-8(2)6-9(3)15-11/h5,8-9,11H,4,6-7H2,1-3H3,(H,12,13)/t8-,9?,11?/m0/s1. The summed E-state index contributed by atoms with van der Waals surface area (Å²) in [5.41, 5.74) is 0. The van der Waals surface area contributed by atoms with Crippen LogP contribution in [0, 0.1) is 6.42 Å². The zero-order valence-electron chi connectivity index (χ0n) is 9.66. The maximum atomic E-state index is 11.3. The molecule has 1 radical (unpaired) electrons. The fourth-order valence-electron chi connectivity index (χ4n) is 1.67. The minimum Gasteiger partial charge on any atom is -0.354 e. The number of rotatable bonds is 4. The van der Waals surface area contributed by atoms with Crippen LogP contribution in [0.4, 0.5) is 0 Å². The number of amides is 1. The summed E-state index contributed by atoms with van der Waals surface area (Å²) in [6.07, 6.45) is 3.79. The van der Waals surface area contributed by atoms with Crippen LogP contribution in [0.2, 0.25) is 0 Å². The summed E-state index contributed by atoms with van der Waals surface area (Å²) in [5.74, 6) is 0.0737. The zero-order valence-corrected chi connectivity index (χ0v) is 11.3. The predicted octanol–water partition coefficient (Wildman–Crippen LogP) is 2.69. The highest BCUT2D eigenvalue weighted by atomic mass is 32.2. The maximum absolute atomic E-state index is 11.3. The van der Waals surface area contributed by atoms with E-state index in [2.05, 4.69) is 19.2 Å². The van der Waals surface area contributed by atoms with Gasteiger partial charge in [-0.05, 0) is 12.8 Å². The highest BCUT2D eigenvalue weighted by Gasteiger charge is 2.24. The Morgan fingerprint density at radius 1 is 1.40 bits per heavy atom. The lowest BCUT2D eigenvalue weighted by atomic mass is 10.3. The SMILES string of the molecule is CC[CH]C(=O)NCC1SC(C)C[C@H](C)S1. The van der Waals surface area contributed by atoms with E-state index < -0.39 is 0 Å². The average Bonchev–Trinajstić information content (AvgIpc) is 2.14. The molecular weight excluding hydrogens is 226 g/mol. The van der Waals surface area contributed by atoms with Gasteiger partial charge in [0.25, 0.3) is 0 Å². The van der Waals surface area contributed by atoms with Crippen LogP contribution >= 0.6 is 23.5 Å². The first-order valence-electron chi connectivity index (χ1n) is 5.53. The Kier molecular flexibility index (Phi) is 5.90. The molecule has 2 nitrogen and oxygen atoms in total. The molecule has 2 unspecified atom stereocenters. The van der Waals surface area contributed by atoms with E-state index in [1.54, 1.807) is 6.42 Å². The van der Waals surface area contributed by atoms with E-state index in [1.165, 1.54) is 6.42 Å². The van der Waals surface area contributed by atoms with Gasteiger partial charge in [-0.25, -0.2) is 0 Å². The van der Waals surface area contributed by atoms with E-state index in [0.717, 1.165) is 23.5 Å². The molecule has 1 rings (SSSR count). The number of carbonyl (C=O) groups excluding carboxylic acids is 1. The van der Waals surface area contributed by atoms with Crippen LogP contribution in [-0.2, 0) is 4.79 Å². The summed E-state index contributed by atoms with van der Waals surface area (Å²) in [4.78, 5) is 11.3. The Bertz CT molecular complexity index is 201. The van der Waals surface area contributed by atoms with Crippen LogP contribution in [0.15, 0.2) is 0 Å². The summed E-state index contributed by atoms with van der Waals surface area (Å²) in [7, 11) is 0. The number of carbonyl (C=O) groups is 1. The van der Waals surface area contributed by atoms with Crippen molar-refractivity contribution in [3.05, 3.63) is 6.42 Å². The van der Waals surface area contributed by atoms with Crippen LogP contribution in [0.5, 0.6) is 0 Å². The second-order valence-electron chi connectivity index (χ2n) is 3.92. The van der Waals surface area contributed by atoms with E-state index in [1.807, 2.05) is 30.4 Å². The second-order valence-corrected chi connectivity index (χ2v) is 7.51. The summed E-state index contributed by atoms with van der Waals surface area (Å²) in [6.45, 7) is 7.31. The summed E-state index contributed by atoms with van der Waals surface area (Å²) >= 11 is 3.97. The van der Waals surface area contributed by atoms with Gasteiger partial charge in [0.15, 0.2) is 0 Å². The van der Waals surface area contributed by atoms with Crippen molar-refractivity contribution in [1.82, 2.24) is 5.32 Å². The monoisotopic (exact) mass is 246 g/mol. The van der Waals surface area contributed by atoms with E-state index >= 15 is 0 Å². The Labute approximate surface area is 101 Å². The molecule has 1 heterocycles. The maximum Gasteiger partial charge on any atom is 0.223 e. The topological polar surface area (TPSA) is 29.1 Å². The fraction of sp³-hybridized carbons (Fsp3) is 0.818. The molecule has 87 valence electrons. The Morgan fingerprint density at radius 3 is 2.53 bits per heavy atom. The average molecular weight is 246 g/mol. The highest BCUT2D eigenvalue weighted by molar-refractivity contribution is 8.18. The van der Waals surface area contributed by atoms with Crippen molar-refractivity contribution in [3.8, 4) is 0 Å². The van der Waals surface area contributed by atoms with Gasteiger partial charge in [0.1, 0.15) is 0 Å². The van der Waals surface area contributed by atoms with E-state index in [-0.39, 0.29) is 5.91 Å². The smallest absolute Gasteiger partial charge is 0.223 e. The van der Waals surface area contributed by atoms with Crippen molar-refractivity contribution < 1.29 is 4.79 Å². The van der Waals surface area contributed by atoms with Crippen LogP contribution in [0.25, 0.3) is 0 Å². The summed E-state index contributed by atoms with van der Waals surface area (Å²) in [6, 6.07) is 0. The van der Waals surface area contributed by atoms with Gasteiger partial charge < -0.3 is 5.32 Å². The normalized spacial score (nSPS) is 31.3. The van der Waals surface area contributed by atoms with Crippen molar-refractivity contribution in [1.29, 1.82) is 0 Å². The molecule has 1 N–H and O–H groups in total. The van der Waals surface area contributed by atoms with Crippen molar-refractivity contribution >= 4 is 29.4 Å². The second kappa shape index (κ2) is 6.69. The van der Waals surface area contributed by atoms with Gasteiger partial charge in [0.2, 0.25) is 5.91 Å². The molecule has 3 atom stereocenters. The van der Waals surface area contributed by atoms with Crippen molar-refractivity contribution in [2.45, 2.75) is 48.7 Å². The molecule has 15 heavy (non-hydrogen) atoms. The van der Waals surface area contributed by atoms with Gasteiger partial charge in [0.05, 0.1) is 4.58 Å². The molecule has 0 bridgehead atoms. The summed E-state index contributed by atoms with van der Waals surface area (Å²) in [5, 5.41) is 4.40. The first-order valence-corrected chi connectivity index (χ1v) is 7.42. The molecule has 0 aromatic heterocycles. The Balaban J connectivity index is 2.23. The van der Waals surface area contributed by atoms with Crippen LogP contribution < -0.4 is 5.32 Å². The van der Waals surface area contributed by atoms with Gasteiger partial charge in [-0.2, -0.15) is 0 Å². The molecule has 0 aromatic rings. The van der Waals surface area contributed by atoms with Gasteiger partial charge in [-0.15, -0.1) is 23.5 Å². The molecule has 1 amide bonds. The quantitative estimate of drug-likeness (QED) is 0.827. The Morgan fingerprint density at radius 2 is 2.00 bits per heavy atom. The van der Waals surface area contributed by atoms with Gasteiger partial charge in [-0.3, -0.25) is 4.79 Å². The lowest BCUT2D eigenvalue weighted by Crippen LogP contribution is -2.33. The van der Waals surface area contributed by atoms with E-state index in [0.29, 0.717) is 4.58 Å². The van der Waals surface area contributed by atoms with Crippen LogP contribution in [0.1, 0.15) is 33.6 Å². The molecule has 0 saturated carbocycles. The molecule has 1 fully saturated rings. The number of nitrogens with one attached hydrogen (secondary N) is 1. The molecule has 0 aromatic carbocycles. The van der Waals surface area contributed by atoms with Gasteiger partial charge in [0, 0.05) is 23.5 Å². The molecule has 0 spiro atoms. The van der Waals surface area contributed by atoms with Crippen LogP contribution in [0.3, 0.4) is 0 Å². The zero-order chi connectivity index (χ0) is 11.3. The van der Waals surface area contributed by atoms with E-state index in [9.17, 15) is 4.79 Å². The third-order valence-corrected chi connectivity index (χ3v) is 5.19. The van der Waals surface area contributed by atoms with Crippen molar-refractivity contribution in [3.63, 3.8) is 0 Å². The number of hydrogen-bond acceptors (Lipinski definition) is 3. The Hall–Kier alpha value is 0.170. The van der Waals surface area contributed by atoms with Crippen molar-refractivity contribution in [2.24, 2.45) is 0 Å². The largest absolute Gasteiger partial charge is 0.354 e. The van der Waals surface area contributed by atoms with Crippen LogP contribution in [-0.4, -0.2) is 27.5 Å². The predicted molar refractivity (Wildman–Crippen MR) is 70.1 cm³/mol. The molecule has 1 aliphatic heterocycles. The fourth-order valence-corrected chi connectivity index (χ4v) is 5.38. The first kappa shape index (κ1) is 13.2. The lowest BCUT2D eigenvalue weighted by molar-refractivity contribution is -0.117. The minimum atomic E-state index is 0.0737. The minimum absolute atomic E-state index is 0.0737. The first-order chi connectivity index (χ1) is 7.11. The van der Waals surface area contributed by atoms with Gasteiger partial charge >= 0.3 is 0 Å². The highest BCUT2D eigenvalue weighted by Crippen LogP contribution is 2.39. The molecule has 4 heteroatoms. The lowest BCUT2D eigenvalue weighted by Gasteiger charge is -2.30. The number of thioether (sulfide) groups is 2. The molecular formula is C11H20NOS2. The number of hydrogen-bond donors (Lipinski definition) is 1. The molecule has 1 saturated heterocycles. The summed E-state index contributed by atoms with van der Waals surface area (Å²) < 4.78 is 0.526. The van der Waals surface area contributed by atoms with Gasteiger partial charge in [-0.1, -0.05) is 20.8 Å². The third kappa shape index (κ3) is 5.16. The molecule has 0 aliphatic carbocycles.